The van der Waals surface area contributed by atoms with E-state index < -0.39 is 36.3 Å². The molecule has 0 aromatic heterocycles. The van der Waals surface area contributed by atoms with Gasteiger partial charge in [0.2, 0.25) is 5.91 Å². The van der Waals surface area contributed by atoms with Gasteiger partial charge in [-0.2, -0.15) is 0 Å². The van der Waals surface area contributed by atoms with Crippen LogP contribution in [0.5, 0.6) is 0 Å². The molecule has 0 saturated carbocycles. The molecule has 1 aliphatic carbocycles. The molecule has 0 bridgehead atoms. The number of ether oxygens (including phenoxy) is 4. The molecule has 10 nitrogen and oxygen atoms in total. The van der Waals surface area contributed by atoms with Crippen molar-refractivity contribution in [3.63, 3.8) is 0 Å². The van der Waals surface area contributed by atoms with Crippen LogP contribution in [0.2, 0.25) is 0 Å². The molecule has 0 heterocycles. The molecular formula is C38H48N2O8. The number of methoxy groups -OCH3 is 1. The number of aliphatic hydroxyl groups excluding tert-OH is 2. The molecule has 0 spiro atoms. The maximum Gasteiger partial charge on any atom is 0.407 e. The summed E-state index contributed by atoms with van der Waals surface area (Å²) in [5, 5.41) is 28.3. The fraction of sp³-hybridized carbons (Fsp3) is 0.421. The molecule has 0 aliphatic heterocycles. The van der Waals surface area contributed by atoms with Crippen LogP contribution in [0, 0.1) is 5.92 Å². The van der Waals surface area contributed by atoms with Crippen LogP contribution in [0.15, 0.2) is 91.0 Å². The Hall–Kier alpha value is -4.06. The lowest BCUT2D eigenvalue weighted by Gasteiger charge is -2.28. The standard InChI is InChI=1S/C38H48N2O8/c1-45-19-20-46-21-22-47-23-24-48-38(44)39-33(25-29-13-6-3-7-14-29)34(41)27-31(17-10-15-28-11-4-2-5-12-28)37(43)40-36-32-18-9-8-16-30(32)26-35(36)42/h2-16,18,31,33-36,41-42H,17,19-27H2,1H3,(H,39,44)(H,40,43)/b15-10+. The van der Waals surface area contributed by atoms with Crippen LogP contribution in [0.4, 0.5) is 4.79 Å². The number of carbonyl (C=O) groups is 2. The molecule has 4 N–H and O–H groups in total. The van der Waals surface area contributed by atoms with Crippen LogP contribution in [-0.4, -0.2) is 87.2 Å². The SMILES string of the molecule is COCCOCCOCCOC(=O)NC(Cc1ccccc1)C(O)CC(C/C=C/c1ccccc1)C(=O)NC1c2ccccc2CC1O. The zero-order valence-electron chi connectivity index (χ0n) is 27.5. The number of alkyl carbamates (subject to hydrolysis) is 1. The van der Waals surface area contributed by atoms with Crippen molar-refractivity contribution >= 4 is 18.1 Å². The molecule has 2 amide bonds. The number of allylic oxidation sites excluding steroid dienone is 1. The highest BCUT2D eigenvalue weighted by Gasteiger charge is 2.35. The molecule has 1 aliphatic rings. The molecule has 5 unspecified atom stereocenters. The van der Waals surface area contributed by atoms with Crippen molar-refractivity contribution in [2.24, 2.45) is 5.92 Å². The maximum absolute atomic E-state index is 13.8. The Labute approximate surface area is 283 Å². The number of amides is 2. The van der Waals surface area contributed by atoms with Crippen LogP contribution < -0.4 is 10.6 Å². The lowest BCUT2D eigenvalue weighted by molar-refractivity contribution is -0.127. The summed E-state index contributed by atoms with van der Waals surface area (Å²) < 4.78 is 21.1. The first-order chi connectivity index (χ1) is 23.4. The van der Waals surface area contributed by atoms with Crippen molar-refractivity contribution < 1.29 is 38.7 Å². The van der Waals surface area contributed by atoms with E-state index in [2.05, 4.69) is 10.6 Å². The van der Waals surface area contributed by atoms with E-state index in [1.165, 1.54) is 0 Å². The van der Waals surface area contributed by atoms with Crippen LogP contribution in [0.3, 0.4) is 0 Å². The Kier molecular flexibility index (Phi) is 15.6. The van der Waals surface area contributed by atoms with E-state index >= 15 is 0 Å². The molecule has 10 heteroatoms. The fourth-order valence-corrected chi connectivity index (χ4v) is 5.72. The van der Waals surface area contributed by atoms with Crippen molar-refractivity contribution in [2.45, 2.75) is 50.0 Å². The third kappa shape index (κ3) is 12.2. The number of hydrogen-bond acceptors (Lipinski definition) is 8. The summed E-state index contributed by atoms with van der Waals surface area (Å²) in [7, 11) is 1.61. The lowest BCUT2D eigenvalue weighted by Crippen LogP contribution is -2.47. The van der Waals surface area contributed by atoms with Gasteiger partial charge in [0.15, 0.2) is 0 Å². The van der Waals surface area contributed by atoms with Crippen LogP contribution in [0.1, 0.15) is 41.1 Å². The molecule has 5 atom stereocenters. The minimum atomic E-state index is -1.08. The summed E-state index contributed by atoms with van der Waals surface area (Å²) >= 11 is 0. The Bertz CT molecular complexity index is 1400. The number of nitrogens with one attached hydrogen (secondary N) is 2. The highest BCUT2D eigenvalue weighted by atomic mass is 16.6. The largest absolute Gasteiger partial charge is 0.447 e. The summed E-state index contributed by atoms with van der Waals surface area (Å²) in [5.41, 5.74) is 3.80. The monoisotopic (exact) mass is 660 g/mol. The first-order valence-corrected chi connectivity index (χ1v) is 16.5. The van der Waals surface area contributed by atoms with Crippen molar-refractivity contribution in [1.82, 2.24) is 10.6 Å². The number of aliphatic hydroxyl groups is 2. The zero-order chi connectivity index (χ0) is 34.0. The van der Waals surface area contributed by atoms with Gasteiger partial charge >= 0.3 is 6.09 Å². The predicted molar refractivity (Wildman–Crippen MR) is 183 cm³/mol. The van der Waals surface area contributed by atoms with E-state index in [1.54, 1.807) is 7.11 Å². The average Bonchev–Trinajstić information content (AvgIpc) is 3.41. The van der Waals surface area contributed by atoms with Gasteiger partial charge in [-0.15, -0.1) is 0 Å². The Morgan fingerprint density at radius 2 is 1.52 bits per heavy atom. The molecule has 4 rings (SSSR count). The summed E-state index contributed by atoms with van der Waals surface area (Å²) in [5.74, 6) is -0.924. The van der Waals surface area contributed by atoms with E-state index in [-0.39, 0.29) is 25.5 Å². The quantitative estimate of drug-likeness (QED) is 0.132. The van der Waals surface area contributed by atoms with Crippen LogP contribution in [-0.2, 0) is 36.6 Å². The molecule has 0 fully saturated rings. The molecular weight excluding hydrogens is 612 g/mol. The number of benzene rings is 3. The van der Waals surface area contributed by atoms with Crippen molar-refractivity contribution in [3.05, 3.63) is 113 Å². The van der Waals surface area contributed by atoms with Crippen molar-refractivity contribution in [1.29, 1.82) is 0 Å². The summed E-state index contributed by atoms with van der Waals surface area (Å²) in [4.78, 5) is 26.7. The Morgan fingerprint density at radius 3 is 2.25 bits per heavy atom. The fourth-order valence-electron chi connectivity index (χ4n) is 5.72. The van der Waals surface area contributed by atoms with Gasteiger partial charge in [-0.1, -0.05) is 97.1 Å². The highest BCUT2D eigenvalue weighted by molar-refractivity contribution is 5.80. The normalized spacial score (nSPS) is 17.4. The highest BCUT2D eigenvalue weighted by Crippen LogP contribution is 2.32. The van der Waals surface area contributed by atoms with Gasteiger partial charge < -0.3 is 39.8 Å². The average molecular weight is 661 g/mol. The zero-order valence-corrected chi connectivity index (χ0v) is 27.5. The van der Waals surface area contributed by atoms with Gasteiger partial charge in [0.05, 0.1) is 57.3 Å². The summed E-state index contributed by atoms with van der Waals surface area (Å²) in [6.07, 6.45) is 2.54. The number of fused-ring (bicyclic) bond motifs is 1. The smallest absolute Gasteiger partial charge is 0.407 e. The molecule has 3 aromatic carbocycles. The number of hydrogen-bond donors (Lipinski definition) is 4. The third-order valence-corrected chi connectivity index (χ3v) is 8.26. The topological polar surface area (TPSA) is 136 Å². The van der Waals surface area contributed by atoms with Crippen LogP contribution >= 0.6 is 0 Å². The van der Waals surface area contributed by atoms with Crippen LogP contribution in [0.25, 0.3) is 6.08 Å². The second kappa shape index (κ2) is 20.3. The Morgan fingerprint density at radius 1 is 0.875 bits per heavy atom. The first-order valence-electron chi connectivity index (χ1n) is 16.5. The summed E-state index contributed by atoms with van der Waals surface area (Å²) in [6, 6.07) is 25.7. The molecule has 0 radical (unpaired) electrons. The predicted octanol–water partition coefficient (Wildman–Crippen LogP) is 4.25. The second-order valence-electron chi connectivity index (χ2n) is 11.8. The van der Waals surface area contributed by atoms with E-state index in [1.807, 2.05) is 97.1 Å². The van der Waals surface area contributed by atoms with E-state index in [9.17, 15) is 19.8 Å². The third-order valence-electron chi connectivity index (χ3n) is 8.26. The minimum absolute atomic E-state index is 0.0263. The number of rotatable bonds is 20. The van der Waals surface area contributed by atoms with E-state index in [0.717, 1.165) is 22.3 Å². The Balaban J connectivity index is 1.40. The van der Waals surface area contributed by atoms with Gasteiger partial charge in [0, 0.05) is 19.4 Å². The van der Waals surface area contributed by atoms with Gasteiger partial charge in [-0.3, -0.25) is 4.79 Å². The maximum atomic E-state index is 13.8. The van der Waals surface area contributed by atoms with Gasteiger partial charge in [-0.05, 0) is 41.5 Å². The first kappa shape index (κ1) is 36.8. The lowest BCUT2D eigenvalue weighted by atomic mass is 9.90. The van der Waals surface area contributed by atoms with E-state index in [4.69, 9.17) is 18.9 Å². The minimum Gasteiger partial charge on any atom is -0.447 e. The number of carbonyl (C=O) groups excluding carboxylic acids is 2. The van der Waals surface area contributed by atoms with Crippen molar-refractivity contribution in [2.75, 3.05) is 46.8 Å². The molecule has 48 heavy (non-hydrogen) atoms. The summed E-state index contributed by atoms with van der Waals surface area (Å²) in [6.45, 7) is 1.97. The van der Waals surface area contributed by atoms with Crippen molar-refractivity contribution in [3.8, 4) is 0 Å². The molecule has 3 aromatic rings. The molecule has 258 valence electrons. The van der Waals surface area contributed by atoms with Gasteiger partial charge in [0.25, 0.3) is 0 Å². The second-order valence-corrected chi connectivity index (χ2v) is 11.8. The van der Waals surface area contributed by atoms with E-state index in [0.29, 0.717) is 45.7 Å². The molecule has 0 saturated heterocycles. The van der Waals surface area contributed by atoms with Gasteiger partial charge in [0.1, 0.15) is 6.61 Å². The van der Waals surface area contributed by atoms with Gasteiger partial charge in [-0.25, -0.2) is 4.79 Å².